The van der Waals surface area contributed by atoms with Crippen LogP contribution in [-0.4, -0.2) is 88.0 Å². The summed E-state index contributed by atoms with van der Waals surface area (Å²) in [5, 5.41) is 12.8. The first-order valence-electron chi connectivity index (χ1n) is 18.4. The number of rotatable bonds is 10. The Labute approximate surface area is 325 Å². The number of nitrogens with one attached hydrogen (secondary N) is 2. The molecule has 2 fully saturated rings. The molecule has 4 aromatic heterocycles. The highest BCUT2D eigenvalue weighted by Gasteiger charge is 2.36. The first-order chi connectivity index (χ1) is 27.8. The van der Waals surface area contributed by atoms with E-state index in [1.54, 1.807) is 55.7 Å². The molecule has 2 aliphatic rings. The van der Waals surface area contributed by atoms with Gasteiger partial charge in [-0.3, -0.25) is 33.7 Å². The molecule has 0 spiro atoms. The SMILES string of the molecule is Cn1c(=O)n(C2CCC(=O)NC2=O)c2cccc(N3CCC(N(Cc4ccc(-n5cc(NC(=O)c6cnn7cccnc67)c(C(F)F)n5)cc4)CC(F)(F)F)CC3)c21. The van der Waals surface area contributed by atoms with Crippen molar-refractivity contribution in [2.75, 3.05) is 29.9 Å². The van der Waals surface area contributed by atoms with Crippen molar-refractivity contribution in [1.29, 1.82) is 0 Å². The third kappa shape index (κ3) is 7.41. The number of carbonyl (C=O) groups is 3. The molecule has 3 amide bonds. The predicted molar refractivity (Wildman–Crippen MR) is 200 cm³/mol. The van der Waals surface area contributed by atoms with Gasteiger partial charge in [0.05, 0.1) is 47.0 Å². The number of piperidine rings is 2. The maximum Gasteiger partial charge on any atom is 0.401 e. The van der Waals surface area contributed by atoms with Crippen LogP contribution in [-0.2, 0) is 23.2 Å². The number of hydrogen-bond donors (Lipinski definition) is 2. The lowest BCUT2D eigenvalue weighted by molar-refractivity contribution is -0.153. The second-order valence-corrected chi connectivity index (χ2v) is 14.3. The van der Waals surface area contributed by atoms with Gasteiger partial charge in [0.1, 0.15) is 11.6 Å². The van der Waals surface area contributed by atoms with E-state index in [4.69, 9.17) is 0 Å². The number of benzene rings is 2. The van der Waals surface area contributed by atoms with E-state index in [2.05, 4.69) is 25.8 Å². The van der Waals surface area contributed by atoms with Crippen molar-refractivity contribution in [3.8, 4) is 5.69 Å². The van der Waals surface area contributed by atoms with Gasteiger partial charge in [-0.2, -0.15) is 23.4 Å². The summed E-state index contributed by atoms with van der Waals surface area (Å²) in [5.74, 6) is -1.66. The van der Waals surface area contributed by atoms with Crippen LogP contribution in [0.4, 0.5) is 33.3 Å². The average molecular weight is 806 g/mol. The molecule has 2 N–H and O–H groups in total. The second-order valence-electron chi connectivity index (χ2n) is 14.3. The van der Waals surface area contributed by atoms with Crippen LogP contribution in [0.3, 0.4) is 0 Å². The Kier molecular flexibility index (Phi) is 10.0. The Hall–Kier alpha value is -6.44. The summed E-state index contributed by atoms with van der Waals surface area (Å²) in [5.41, 5.74) is 1.70. The Balaban J connectivity index is 0.972. The summed E-state index contributed by atoms with van der Waals surface area (Å²) < 4.78 is 75.4. The first-order valence-corrected chi connectivity index (χ1v) is 18.4. The summed E-state index contributed by atoms with van der Waals surface area (Å²) in [6.45, 7) is -0.402. The zero-order valence-electron chi connectivity index (χ0n) is 30.9. The number of amides is 3. The first kappa shape index (κ1) is 38.4. The molecule has 58 heavy (non-hydrogen) atoms. The van der Waals surface area contributed by atoms with Gasteiger partial charge in [-0.15, -0.1) is 0 Å². The van der Waals surface area contributed by atoms with Gasteiger partial charge >= 0.3 is 11.9 Å². The van der Waals surface area contributed by atoms with Crippen molar-refractivity contribution in [2.24, 2.45) is 7.05 Å². The molecule has 302 valence electrons. The summed E-state index contributed by atoms with van der Waals surface area (Å²) >= 11 is 0. The van der Waals surface area contributed by atoms with E-state index in [0.29, 0.717) is 53.9 Å². The Morgan fingerprint density at radius 2 is 1.79 bits per heavy atom. The number of aryl methyl sites for hydroxylation is 1. The third-order valence-corrected chi connectivity index (χ3v) is 10.6. The van der Waals surface area contributed by atoms with Crippen molar-refractivity contribution in [3.63, 3.8) is 0 Å². The summed E-state index contributed by atoms with van der Waals surface area (Å²) in [7, 11) is 1.60. The number of carbonyl (C=O) groups excluding carboxylic acids is 3. The number of imidazole rings is 1. The molecule has 2 saturated heterocycles. The third-order valence-electron chi connectivity index (χ3n) is 10.6. The van der Waals surface area contributed by atoms with E-state index < -0.39 is 60.3 Å². The van der Waals surface area contributed by atoms with Crippen molar-refractivity contribution in [1.82, 2.24) is 43.7 Å². The minimum absolute atomic E-state index is 0.0419. The number of alkyl halides is 5. The number of nitrogens with zero attached hydrogens (tertiary/aromatic N) is 9. The van der Waals surface area contributed by atoms with Gasteiger partial charge in [0.15, 0.2) is 11.3 Å². The fourth-order valence-corrected chi connectivity index (χ4v) is 7.86. The fourth-order valence-electron chi connectivity index (χ4n) is 7.86. The highest BCUT2D eigenvalue weighted by atomic mass is 19.4. The van der Waals surface area contributed by atoms with Crippen LogP contribution in [0.25, 0.3) is 22.4 Å². The van der Waals surface area contributed by atoms with Gasteiger partial charge in [0.25, 0.3) is 12.3 Å². The molecule has 6 aromatic rings. The van der Waals surface area contributed by atoms with Crippen molar-refractivity contribution < 1.29 is 36.3 Å². The maximum atomic E-state index is 14.0. The maximum absolute atomic E-state index is 14.0. The highest BCUT2D eigenvalue weighted by molar-refractivity contribution is 6.08. The molecule has 8 rings (SSSR count). The summed E-state index contributed by atoms with van der Waals surface area (Å²) in [6.07, 6.45) is -0.906. The molecule has 1 unspecified atom stereocenters. The molecule has 6 heterocycles. The molecule has 1 atom stereocenters. The topological polar surface area (TPSA) is 157 Å². The molecule has 2 aliphatic heterocycles. The highest BCUT2D eigenvalue weighted by Crippen LogP contribution is 2.33. The lowest BCUT2D eigenvalue weighted by Gasteiger charge is -2.40. The Morgan fingerprint density at radius 3 is 2.50 bits per heavy atom. The van der Waals surface area contributed by atoms with E-state index in [1.165, 1.54) is 37.1 Å². The van der Waals surface area contributed by atoms with E-state index in [1.807, 2.05) is 11.0 Å². The van der Waals surface area contributed by atoms with Gasteiger partial charge in [-0.05, 0) is 55.2 Å². The summed E-state index contributed by atoms with van der Waals surface area (Å²) in [6, 6.07) is 12.0. The minimum atomic E-state index is -4.49. The lowest BCUT2D eigenvalue weighted by Crippen LogP contribution is -2.47. The molecular formula is C38H36F5N11O4. The van der Waals surface area contributed by atoms with Gasteiger partial charge in [0, 0.05) is 51.5 Å². The van der Waals surface area contributed by atoms with Crippen molar-refractivity contribution in [2.45, 2.75) is 56.9 Å². The van der Waals surface area contributed by atoms with Crippen LogP contribution in [0.2, 0.25) is 0 Å². The van der Waals surface area contributed by atoms with Crippen LogP contribution in [0.15, 0.2) is 78.1 Å². The van der Waals surface area contributed by atoms with E-state index in [9.17, 15) is 41.1 Å². The number of anilines is 2. The standard InChI is InChI=1S/C38H36F5N11O4/c1-49-32-27(4-2-5-28(32)54(37(49)58)29-10-11-30(55)47-36(29)57)50-16-12-23(13-17-50)51(21-38(41,42)43)19-22-6-8-24(9-7-22)53-20-26(31(48-53)33(39)40)46-35(56)25-18-45-52-15-3-14-44-34(25)52/h2-9,14-15,18,20,23,29,33H,10-13,16-17,19,21H2,1H3,(H,46,56)(H,47,55,57). The average Bonchev–Trinajstić information content (AvgIpc) is 3.89. The molecular weight excluding hydrogens is 769 g/mol. The zero-order chi connectivity index (χ0) is 40.9. The van der Waals surface area contributed by atoms with E-state index in [-0.39, 0.29) is 36.3 Å². The van der Waals surface area contributed by atoms with Crippen molar-refractivity contribution in [3.05, 3.63) is 101 Å². The smallest absolute Gasteiger partial charge is 0.370 e. The second kappa shape index (κ2) is 15.1. The lowest BCUT2D eigenvalue weighted by atomic mass is 10.0. The van der Waals surface area contributed by atoms with Crippen LogP contribution in [0.5, 0.6) is 0 Å². The molecule has 0 radical (unpaired) electrons. The number of fused-ring (bicyclic) bond motifs is 2. The van der Waals surface area contributed by atoms with Crippen LogP contribution in [0, 0.1) is 0 Å². The normalized spacial score (nSPS) is 16.9. The monoisotopic (exact) mass is 805 g/mol. The fraction of sp³-hybridized carbons (Fsp3) is 0.342. The quantitative estimate of drug-likeness (QED) is 0.147. The molecule has 20 heteroatoms. The van der Waals surface area contributed by atoms with Crippen molar-refractivity contribution >= 4 is 45.8 Å². The largest absolute Gasteiger partial charge is 0.401 e. The Morgan fingerprint density at radius 1 is 1.03 bits per heavy atom. The van der Waals surface area contributed by atoms with Gasteiger partial charge < -0.3 is 10.2 Å². The number of imide groups is 1. The number of para-hydroxylation sites is 1. The molecule has 0 aliphatic carbocycles. The summed E-state index contributed by atoms with van der Waals surface area (Å²) in [4.78, 5) is 58.4. The number of hydrogen-bond acceptors (Lipinski definition) is 9. The van der Waals surface area contributed by atoms with Gasteiger partial charge in [-0.1, -0.05) is 18.2 Å². The number of aromatic nitrogens is 7. The van der Waals surface area contributed by atoms with Crippen LogP contribution < -0.4 is 21.2 Å². The van der Waals surface area contributed by atoms with E-state index >= 15 is 0 Å². The molecule has 2 aromatic carbocycles. The Bertz CT molecular complexity index is 2590. The minimum Gasteiger partial charge on any atom is -0.370 e. The predicted octanol–water partition coefficient (Wildman–Crippen LogP) is 4.77. The molecule has 0 bridgehead atoms. The van der Waals surface area contributed by atoms with Gasteiger partial charge in [0.2, 0.25) is 11.8 Å². The zero-order valence-corrected chi connectivity index (χ0v) is 30.9. The number of halogens is 5. The molecule has 0 saturated carbocycles. The van der Waals surface area contributed by atoms with E-state index in [0.717, 1.165) is 4.68 Å². The van der Waals surface area contributed by atoms with Crippen LogP contribution >= 0.6 is 0 Å². The van der Waals surface area contributed by atoms with Gasteiger partial charge in [-0.25, -0.2) is 27.8 Å². The van der Waals surface area contributed by atoms with Crippen LogP contribution in [0.1, 0.15) is 59.8 Å². The molecule has 15 nitrogen and oxygen atoms in total.